The summed E-state index contributed by atoms with van der Waals surface area (Å²) in [6.07, 6.45) is -0.689. The summed E-state index contributed by atoms with van der Waals surface area (Å²) in [5, 5.41) is 10.1. The molecule has 4 nitrogen and oxygen atoms in total. The van der Waals surface area contributed by atoms with Gasteiger partial charge in [-0.05, 0) is 36.8 Å². The summed E-state index contributed by atoms with van der Waals surface area (Å²) in [7, 11) is 1.34. The van der Waals surface area contributed by atoms with Gasteiger partial charge < -0.3 is 14.6 Å². The molecule has 2 aromatic carbocycles. The van der Waals surface area contributed by atoms with Crippen LogP contribution in [-0.2, 0) is 4.74 Å². The highest BCUT2D eigenvalue weighted by molar-refractivity contribution is 5.89. The molecule has 21 heavy (non-hydrogen) atoms. The molecule has 1 unspecified atom stereocenters. The highest BCUT2D eigenvalue weighted by Gasteiger charge is 2.09. The quantitative estimate of drug-likeness (QED) is 0.859. The molecule has 0 spiro atoms. The molecule has 0 heterocycles. The van der Waals surface area contributed by atoms with Gasteiger partial charge in [0.15, 0.2) is 0 Å². The predicted molar refractivity (Wildman–Crippen MR) is 79.4 cm³/mol. The first-order chi connectivity index (χ1) is 10.1. The van der Waals surface area contributed by atoms with Crippen LogP contribution in [0, 0.1) is 6.92 Å². The van der Waals surface area contributed by atoms with Crippen LogP contribution in [0.3, 0.4) is 0 Å². The zero-order valence-electron chi connectivity index (χ0n) is 12.1. The van der Waals surface area contributed by atoms with Gasteiger partial charge in [0.25, 0.3) is 0 Å². The predicted octanol–water partition coefficient (Wildman–Crippen LogP) is 2.89. The fourth-order valence-corrected chi connectivity index (χ4v) is 1.87. The maximum atomic E-state index is 11.3. The van der Waals surface area contributed by atoms with E-state index in [0.717, 1.165) is 11.1 Å². The molecule has 0 aliphatic rings. The Hall–Kier alpha value is -2.33. The molecule has 2 rings (SSSR count). The number of esters is 1. The average Bonchev–Trinajstić information content (AvgIpc) is 2.53. The summed E-state index contributed by atoms with van der Waals surface area (Å²) in [5.74, 6) is 0.204. The SMILES string of the molecule is COC(=O)c1ccc(OCC(O)c2ccc(C)cc2)cc1. The largest absolute Gasteiger partial charge is 0.491 e. The third kappa shape index (κ3) is 4.07. The molecule has 0 radical (unpaired) electrons. The standard InChI is InChI=1S/C17H18O4/c1-12-3-5-13(6-4-12)16(18)11-21-15-9-7-14(8-10-15)17(19)20-2/h3-10,16,18H,11H2,1-2H3. The maximum Gasteiger partial charge on any atom is 0.337 e. The van der Waals surface area contributed by atoms with Crippen LogP contribution >= 0.6 is 0 Å². The number of benzene rings is 2. The normalized spacial score (nSPS) is 11.8. The van der Waals surface area contributed by atoms with E-state index >= 15 is 0 Å². The molecular weight excluding hydrogens is 268 g/mol. The lowest BCUT2D eigenvalue weighted by molar-refractivity contribution is 0.0600. The fourth-order valence-electron chi connectivity index (χ4n) is 1.87. The minimum atomic E-state index is -0.689. The molecule has 0 aromatic heterocycles. The van der Waals surface area contributed by atoms with Gasteiger partial charge >= 0.3 is 5.97 Å². The van der Waals surface area contributed by atoms with E-state index in [9.17, 15) is 9.90 Å². The Bertz CT molecular complexity index is 587. The van der Waals surface area contributed by atoms with Crippen molar-refractivity contribution < 1.29 is 19.4 Å². The monoisotopic (exact) mass is 286 g/mol. The molecule has 4 heteroatoms. The van der Waals surface area contributed by atoms with Gasteiger partial charge in [-0.15, -0.1) is 0 Å². The Morgan fingerprint density at radius 1 is 1.10 bits per heavy atom. The molecule has 0 saturated heterocycles. The minimum Gasteiger partial charge on any atom is -0.491 e. The second-order valence-electron chi connectivity index (χ2n) is 4.75. The molecule has 0 aliphatic heterocycles. The Labute approximate surface area is 123 Å². The first kappa shape index (κ1) is 15.1. The van der Waals surface area contributed by atoms with Gasteiger partial charge in [0, 0.05) is 0 Å². The van der Waals surface area contributed by atoms with Crippen LogP contribution in [-0.4, -0.2) is 24.8 Å². The first-order valence-corrected chi connectivity index (χ1v) is 6.66. The van der Waals surface area contributed by atoms with Crippen LogP contribution < -0.4 is 4.74 Å². The van der Waals surface area contributed by atoms with E-state index in [4.69, 9.17) is 4.74 Å². The number of aliphatic hydroxyl groups excluding tert-OH is 1. The van der Waals surface area contributed by atoms with Gasteiger partial charge in [-0.3, -0.25) is 0 Å². The Balaban J connectivity index is 1.93. The maximum absolute atomic E-state index is 11.3. The number of hydrogen-bond donors (Lipinski definition) is 1. The molecular formula is C17H18O4. The van der Waals surface area contributed by atoms with Gasteiger partial charge in [0.2, 0.25) is 0 Å². The molecule has 1 N–H and O–H groups in total. The number of ether oxygens (including phenoxy) is 2. The number of hydrogen-bond acceptors (Lipinski definition) is 4. The van der Waals surface area contributed by atoms with Gasteiger partial charge in [0.1, 0.15) is 18.5 Å². The molecule has 0 saturated carbocycles. The van der Waals surface area contributed by atoms with Crippen LogP contribution in [0.1, 0.15) is 27.6 Å². The number of aliphatic hydroxyl groups is 1. The van der Waals surface area contributed by atoms with Crippen molar-refractivity contribution in [3.63, 3.8) is 0 Å². The van der Waals surface area contributed by atoms with E-state index < -0.39 is 6.10 Å². The van der Waals surface area contributed by atoms with Crippen molar-refractivity contribution in [2.45, 2.75) is 13.0 Å². The number of carbonyl (C=O) groups excluding carboxylic acids is 1. The summed E-state index contributed by atoms with van der Waals surface area (Å²) in [6.45, 7) is 2.15. The van der Waals surface area contributed by atoms with Gasteiger partial charge in [-0.2, -0.15) is 0 Å². The van der Waals surface area contributed by atoms with Gasteiger partial charge in [0.05, 0.1) is 12.7 Å². The molecule has 110 valence electrons. The van der Waals surface area contributed by atoms with Crippen molar-refractivity contribution in [2.75, 3.05) is 13.7 Å². The Kier molecular flexibility index (Phi) is 4.95. The topological polar surface area (TPSA) is 55.8 Å². The van der Waals surface area contributed by atoms with Crippen molar-refractivity contribution in [1.82, 2.24) is 0 Å². The summed E-state index contributed by atoms with van der Waals surface area (Å²) in [6, 6.07) is 14.3. The van der Waals surface area contributed by atoms with Crippen LogP contribution in [0.5, 0.6) is 5.75 Å². The van der Waals surface area contributed by atoms with Crippen LogP contribution in [0.25, 0.3) is 0 Å². The van der Waals surface area contributed by atoms with Crippen molar-refractivity contribution in [1.29, 1.82) is 0 Å². The van der Waals surface area contributed by atoms with Crippen molar-refractivity contribution >= 4 is 5.97 Å². The zero-order valence-corrected chi connectivity index (χ0v) is 12.1. The third-order valence-corrected chi connectivity index (χ3v) is 3.15. The van der Waals surface area contributed by atoms with Crippen LogP contribution in [0.2, 0.25) is 0 Å². The minimum absolute atomic E-state index is 0.153. The van der Waals surface area contributed by atoms with Crippen LogP contribution in [0.15, 0.2) is 48.5 Å². The number of aryl methyl sites for hydroxylation is 1. The summed E-state index contributed by atoms with van der Waals surface area (Å²) >= 11 is 0. The lowest BCUT2D eigenvalue weighted by Gasteiger charge is -2.13. The zero-order chi connectivity index (χ0) is 15.2. The van der Waals surface area contributed by atoms with E-state index in [1.807, 2.05) is 31.2 Å². The van der Waals surface area contributed by atoms with Crippen molar-refractivity contribution in [3.8, 4) is 5.75 Å². The van der Waals surface area contributed by atoms with E-state index in [0.29, 0.717) is 11.3 Å². The first-order valence-electron chi connectivity index (χ1n) is 6.66. The lowest BCUT2D eigenvalue weighted by atomic mass is 10.1. The fraction of sp³-hybridized carbons (Fsp3) is 0.235. The summed E-state index contributed by atoms with van der Waals surface area (Å²) in [5.41, 5.74) is 2.42. The third-order valence-electron chi connectivity index (χ3n) is 3.15. The second kappa shape index (κ2) is 6.90. The van der Waals surface area contributed by atoms with E-state index in [1.54, 1.807) is 24.3 Å². The molecule has 1 atom stereocenters. The number of carbonyl (C=O) groups is 1. The van der Waals surface area contributed by atoms with Gasteiger partial charge in [-0.25, -0.2) is 4.79 Å². The highest BCUT2D eigenvalue weighted by Crippen LogP contribution is 2.17. The average molecular weight is 286 g/mol. The smallest absolute Gasteiger partial charge is 0.337 e. The molecule has 0 aliphatic carbocycles. The Morgan fingerprint density at radius 3 is 2.29 bits per heavy atom. The second-order valence-corrected chi connectivity index (χ2v) is 4.75. The molecule has 0 bridgehead atoms. The van der Waals surface area contributed by atoms with Gasteiger partial charge in [-0.1, -0.05) is 29.8 Å². The number of rotatable bonds is 5. The Morgan fingerprint density at radius 2 is 1.71 bits per heavy atom. The van der Waals surface area contributed by atoms with Crippen molar-refractivity contribution in [3.05, 3.63) is 65.2 Å². The summed E-state index contributed by atoms with van der Waals surface area (Å²) in [4.78, 5) is 11.3. The molecule has 0 amide bonds. The van der Waals surface area contributed by atoms with E-state index in [-0.39, 0.29) is 12.6 Å². The van der Waals surface area contributed by atoms with E-state index in [1.165, 1.54) is 7.11 Å². The highest BCUT2D eigenvalue weighted by atomic mass is 16.5. The lowest BCUT2D eigenvalue weighted by Crippen LogP contribution is -2.09. The molecule has 0 fully saturated rings. The summed E-state index contributed by atoms with van der Waals surface area (Å²) < 4.78 is 10.1. The van der Waals surface area contributed by atoms with Crippen molar-refractivity contribution in [2.24, 2.45) is 0 Å². The van der Waals surface area contributed by atoms with Crippen LogP contribution in [0.4, 0.5) is 0 Å². The van der Waals surface area contributed by atoms with E-state index in [2.05, 4.69) is 4.74 Å². The molecule has 2 aromatic rings. The number of methoxy groups -OCH3 is 1.